The summed E-state index contributed by atoms with van der Waals surface area (Å²) in [6.45, 7) is 15.1. The van der Waals surface area contributed by atoms with Gasteiger partial charge in [-0.15, -0.1) is 0 Å². The van der Waals surface area contributed by atoms with Crippen molar-refractivity contribution in [2.75, 3.05) is 19.7 Å². The number of likely N-dealkylation sites (tertiary alicyclic amines) is 1. The van der Waals surface area contributed by atoms with Crippen molar-refractivity contribution < 1.29 is 4.74 Å². The van der Waals surface area contributed by atoms with Crippen LogP contribution >= 0.6 is 0 Å². The number of rotatable bonds is 5. The highest BCUT2D eigenvalue weighted by Crippen LogP contribution is 2.36. The van der Waals surface area contributed by atoms with Gasteiger partial charge in [0.15, 0.2) is 0 Å². The van der Waals surface area contributed by atoms with E-state index in [4.69, 9.17) is 4.74 Å². The molecule has 0 radical (unpaired) electrons. The van der Waals surface area contributed by atoms with Crippen molar-refractivity contribution in [3.05, 3.63) is 0 Å². The van der Waals surface area contributed by atoms with Gasteiger partial charge in [-0.1, -0.05) is 13.8 Å². The largest absolute Gasteiger partial charge is 0.378 e. The normalized spacial score (nSPS) is 34.3. The zero-order valence-corrected chi connectivity index (χ0v) is 15.0. The molecule has 0 spiro atoms. The molecule has 0 N–H and O–H groups in total. The van der Waals surface area contributed by atoms with Crippen molar-refractivity contribution in [2.24, 2.45) is 17.8 Å². The predicted molar refractivity (Wildman–Crippen MR) is 90.6 cm³/mol. The monoisotopic (exact) mass is 295 g/mol. The molecular formula is C19H37NO. The van der Waals surface area contributed by atoms with Gasteiger partial charge in [0.25, 0.3) is 0 Å². The summed E-state index contributed by atoms with van der Waals surface area (Å²) in [5, 5.41) is 0. The van der Waals surface area contributed by atoms with Crippen LogP contribution in [0.1, 0.15) is 73.1 Å². The zero-order chi connectivity index (χ0) is 15.5. The van der Waals surface area contributed by atoms with E-state index < -0.39 is 0 Å². The summed E-state index contributed by atoms with van der Waals surface area (Å²) in [7, 11) is 0. The van der Waals surface area contributed by atoms with Crippen LogP contribution in [0.3, 0.4) is 0 Å². The van der Waals surface area contributed by atoms with Crippen LogP contribution in [0.5, 0.6) is 0 Å². The second-order valence-electron chi connectivity index (χ2n) is 8.35. The van der Waals surface area contributed by atoms with Crippen LogP contribution in [0.2, 0.25) is 0 Å². The number of hydrogen-bond donors (Lipinski definition) is 0. The number of nitrogens with zero attached hydrogens (tertiary/aromatic N) is 1. The molecule has 0 aromatic carbocycles. The minimum atomic E-state index is 0.312. The third-order valence-corrected chi connectivity index (χ3v) is 6.02. The third kappa shape index (κ3) is 4.69. The van der Waals surface area contributed by atoms with Gasteiger partial charge < -0.3 is 4.74 Å². The summed E-state index contributed by atoms with van der Waals surface area (Å²) in [4.78, 5) is 2.75. The molecule has 0 aromatic heterocycles. The molecule has 1 unspecified atom stereocenters. The molecular weight excluding hydrogens is 258 g/mol. The Hall–Kier alpha value is -0.0800. The van der Waals surface area contributed by atoms with E-state index in [1.807, 2.05) is 0 Å². The maximum atomic E-state index is 5.87. The van der Waals surface area contributed by atoms with Gasteiger partial charge in [-0.25, -0.2) is 0 Å². The van der Waals surface area contributed by atoms with Gasteiger partial charge in [-0.2, -0.15) is 0 Å². The van der Waals surface area contributed by atoms with E-state index in [2.05, 4.69) is 39.5 Å². The van der Waals surface area contributed by atoms with Gasteiger partial charge in [0.1, 0.15) is 0 Å². The summed E-state index contributed by atoms with van der Waals surface area (Å²) in [5.41, 5.74) is 0.312. The fraction of sp³-hybridized carbons (Fsp3) is 1.00. The Morgan fingerprint density at radius 1 is 1.10 bits per heavy atom. The summed E-state index contributed by atoms with van der Waals surface area (Å²) in [5.74, 6) is 2.80. The standard InChI is InChI=1S/C19H37NO/c1-6-21-18-11-12-20(19(4,5)13-18)14-16-7-9-17(10-8-16)15(2)3/h15-18H,6-14H2,1-5H3. The van der Waals surface area contributed by atoms with E-state index in [0.29, 0.717) is 11.6 Å². The van der Waals surface area contributed by atoms with Crippen LogP contribution in [0, 0.1) is 17.8 Å². The highest BCUT2D eigenvalue weighted by molar-refractivity contribution is 4.91. The SMILES string of the molecule is CCOC1CCN(CC2CCC(C(C)C)CC2)C(C)(C)C1. The van der Waals surface area contributed by atoms with Crippen LogP contribution in [0.4, 0.5) is 0 Å². The Labute approximate surface area is 132 Å². The number of hydrogen-bond acceptors (Lipinski definition) is 2. The molecule has 1 heterocycles. The molecule has 2 aliphatic rings. The van der Waals surface area contributed by atoms with Crippen molar-refractivity contribution in [1.29, 1.82) is 0 Å². The van der Waals surface area contributed by atoms with E-state index in [1.54, 1.807) is 0 Å². The average molecular weight is 296 g/mol. The smallest absolute Gasteiger partial charge is 0.0604 e. The third-order valence-electron chi connectivity index (χ3n) is 6.02. The molecule has 0 amide bonds. The summed E-state index contributed by atoms with van der Waals surface area (Å²) >= 11 is 0. The molecule has 2 nitrogen and oxygen atoms in total. The van der Waals surface area contributed by atoms with Gasteiger partial charge >= 0.3 is 0 Å². The maximum absolute atomic E-state index is 5.87. The average Bonchev–Trinajstić information content (AvgIpc) is 2.42. The van der Waals surface area contributed by atoms with Crippen LogP contribution in [-0.2, 0) is 4.74 Å². The lowest BCUT2D eigenvalue weighted by Gasteiger charge is -2.47. The second-order valence-corrected chi connectivity index (χ2v) is 8.35. The molecule has 1 aliphatic heterocycles. The lowest BCUT2D eigenvalue weighted by atomic mass is 9.76. The molecule has 1 aliphatic carbocycles. The van der Waals surface area contributed by atoms with Crippen molar-refractivity contribution >= 4 is 0 Å². The molecule has 0 aromatic rings. The highest BCUT2D eigenvalue weighted by Gasteiger charge is 2.36. The van der Waals surface area contributed by atoms with Gasteiger partial charge in [0, 0.05) is 25.2 Å². The van der Waals surface area contributed by atoms with Crippen LogP contribution in [0.15, 0.2) is 0 Å². The van der Waals surface area contributed by atoms with Crippen molar-refractivity contribution in [3.63, 3.8) is 0 Å². The molecule has 2 fully saturated rings. The van der Waals surface area contributed by atoms with E-state index in [1.165, 1.54) is 51.6 Å². The first-order valence-corrected chi connectivity index (χ1v) is 9.29. The van der Waals surface area contributed by atoms with Crippen molar-refractivity contribution in [3.8, 4) is 0 Å². The topological polar surface area (TPSA) is 12.5 Å². The quantitative estimate of drug-likeness (QED) is 0.727. The van der Waals surface area contributed by atoms with Crippen molar-refractivity contribution in [1.82, 2.24) is 4.90 Å². The van der Waals surface area contributed by atoms with Gasteiger partial charge in [-0.05, 0) is 77.0 Å². The van der Waals surface area contributed by atoms with Crippen molar-refractivity contribution in [2.45, 2.75) is 84.8 Å². The van der Waals surface area contributed by atoms with Gasteiger partial charge in [0.2, 0.25) is 0 Å². The highest BCUT2D eigenvalue weighted by atomic mass is 16.5. The number of piperidine rings is 1. The molecule has 21 heavy (non-hydrogen) atoms. The fourth-order valence-corrected chi connectivity index (χ4v) is 4.46. The summed E-state index contributed by atoms with van der Waals surface area (Å²) in [6.07, 6.45) is 8.71. The molecule has 0 bridgehead atoms. The van der Waals surface area contributed by atoms with E-state index >= 15 is 0 Å². The molecule has 124 valence electrons. The van der Waals surface area contributed by atoms with Gasteiger partial charge in [0.05, 0.1) is 6.10 Å². The molecule has 2 heteroatoms. The Morgan fingerprint density at radius 3 is 2.29 bits per heavy atom. The summed E-state index contributed by atoms with van der Waals surface area (Å²) < 4.78 is 5.87. The second kappa shape index (κ2) is 7.46. The first-order chi connectivity index (χ1) is 9.92. The van der Waals surface area contributed by atoms with E-state index in [9.17, 15) is 0 Å². The molecule has 1 saturated carbocycles. The lowest BCUT2D eigenvalue weighted by Crippen LogP contribution is -2.53. The Kier molecular flexibility index (Phi) is 6.14. The van der Waals surface area contributed by atoms with Crippen LogP contribution in [-0.4, -0.2) is 36.2 Å². The first kappa shape index (κ1) is 17.3. The number of ether oxygens (including phenoxy) is 1. The summed E-state index contributed by atoms with van der Waals surface area (Å²) in [6, 6.07) is 0. The minimum Gasteiger partial charge on any atom is -0.378 e. The fourth-order valence-electron chi connectivity index (χ4n) is 4.46. The Bertz CT molecular complexity index is 305. The predicted octanol–water partition coefficient (Wildman–Crippen LogP) is 4.73. The van der Waals surface area contributed by atoms with Crippen LogP contribution < -0.4 is 0 Å². The lowest BCUT2D eigenvalue weighted by molar-refractivity contribution is -0.0472. The zero-order valence-electron chi connectivity index (χ0n) is 15.0. The molecule has 1 atom stereocenters. The Balaban J connectivity index is 1.81. The van der Waals surface area contributed by atoms with Crippen LogP contribution in [0.25, 0.3) is 0 Å². The molecule has 2 rings (SSSR count). The minimum absolute atomic E-state index is 0.312. The molecule has 1 saturated heterocycles. The van der Waals surface area contributed by atoms with E-state index in [0.717, 1.165) is 24.4 Å². The van der Waals surface area contributed by atoms with E-state index in [-0.39, 0.29) is 0 Å². The maximum Gasteiger partial charge on any atom is 0.0604 e. The Morgan fingerprint density at radius 2 is 1.76 bits per heavy atom. The first-order valence-electron chi connectivity index (χ1n) is 9.29. The van der Waals surface area contributed by atoms with Gasteiger partial charge in [-0.3, -0.25) is 4.90 Å².